The van der Waals surface area contributed by atoms with Crippen molar-refractivity contribution in [2.75, 3.05) is 7.05 Å². The smallest absolute Gasteiger partial charge is 0.236 e. The normalized spacial score (nSPS) is 12.3. The summed E-state index contributed by atoms with van der Waals surface area (Å²) in [4.78, 5) is 11.3. The van der Waals surface area contributed by atoms with Gasteiger partial charge in [-0.15, -0.1) is 0 Å². The lowest BCUT2D eigenvalue weighted by Crippen LogP contribution is -2.40. The van der Waals surface area contributed by atoms with E-state index in [9.17, 15) is 4.79 Å². The first-order valence-electron chi connectivity index (χ1n) is 5.04. The average molecular weight is 296 g/mol. The van der Waals surface area contributed by atoms with Gasteiger partial charge in [-0.3, -0.25) is 4.79 Å². The Balaban J connectivity index is 2.76. The highest BCUT2D eigenvalue weighted by Gasteiger charge is 2.13. The number of rotatable bonds is 4. The van der Waals surface area contributed by atoms with Gasteiger partial charge < -0.3 is 10.6 Å². The first-order valence-corrected chi connectivity index (χ1v) is 6.18. The van der Waals surface area contributed by atoms with Crippen LogP contribution in [-0.2, 0) is 11.3 Å². The van der Waals surface area contributed by atoms with E-state index in [1.54, 1.807) is 26.1 Å². The minimum atomic E-state index is -0.328. The molecule has 2 N–H and O–H groups in total. The molecule has 0 spiro atoms. The predicted octanol–water partition coefficient (Wildman–Crippen LogP) is 2.87. The maximum absolute atomic E-state index is 11.3. The number of halogens is 3. The molecule has 0 radical (unpaired) electrons. The van der Waals surface area contributed by atoms with Gasteiger partial charge in [-0.25, -0.2) is 0 Å². The largest absolute Gasteiger partial charge is 0.358 e. The Kier molecular flexibility index (Phi) is 5.53. The number of carbonyl (C=O) groups excluding carboxylic acids is 1. The van der Waals surface area contributed by atoms with Gasteiger partial charge in [0.2, 0.25) is 5.91 Å². The molecule has 0 fully saturated rings. The number of hydrogen-bond acceptors (Lipinski definition) is 2. The van der Waals surface area contributed by atoms with Crippen molar-refractivity contribution < 1.29 is 4.79 Å². The van der Waals surface area contributed by atoms with Gasteiger partial charge in [0.1, 0.15) is 0 Å². The summed E-state index contributed by atoms with van der Waals surface area (Å²) in [6.07, 6.45) is 0. The SMILES string of the molecule is CNC(=O)C(C)NCc1c(Cl)ccc(Cl)c1Cl. The van der Waals surface area contributed by atoms with Crippen LogP contribution in [0.3, 0.4) is 0 Å². The summed E-state index contributed by atoms with van der Waals surface area (Å²) < 4.78 is 0. The number of hydrogen-bond donors (Lipinski definition) is 2. The van der Waals surface area contributed by atoms with Crippen molar-refractivity contribution in [3.05, 3.63) is 32.8 Å². The topological polar surface area (TPSA) is 41.1 Å². The number of amides is 1. The molecule has 0 aliphatic carbocycles. The second-order valence-electron chi connectivity index (χ2n) is 3.54. The predicted molar refractivity (Wildman–Crippen MR) is 71.8 cm³/mol. The van der Waals surface area contributed by atoms with Crippen molar-refractivity contribution in [1.29, 1.82) is 0 Å². The third-order valence-electron chi connectivity index (χ3n) is 2.36. The monoisotopic (exact) mass is 294 g/mol. The fourth-order valence-electron chi connectivity index (χ4n) is 1.30. The lowest BCUT2D eigenvalue weighted by atomic mass is 10.2. The minimum absolute atomic E-state index is 0.0979. The molecule has 1 unspecified atom stereocenters. The zero-order chi connectivity index (χ0) is 13.0. The Labute approximate surface area is 115 Å². The van der Waals surface area contributed by atoms with E-state index < -0.39 is 0 Å². The highest BCUT2D eigenvalue weighted by atomic mass is 35.5. The van der Waals surface area contributed by atoms with Crippen LogP contribution in [0.1, 0.15) is 12.5 Å². The van der Waals surface area contributed by atoms with Crippen molar-refractivity contribution in [2.45, 2.75) is 19.5 Å². The number of nitrogens with one attached hydrogen (secondary N) is 2. The standard InChI is InChI=1S/C11H13Cl3N2O/c1-6(11(17)15-2)16-5-7-8(12)3-4-9(13)10(7)14/h3-4,6,16H,5H2,1-2H3,(H,15,17). The van der Waals surface area contributed by atoms with E-state index in [1.165, 1.54) is 0 Å². The fourth-order valence-corrected chi connectivity index (χ4v) is 1.98. The van der Waals surface area contributed by atoms with Gasteiger partial charge in [0.05, 0.1) is 16.1 Å². The second-order valence-corrected chi connectivity index (χ2v) is 4.73. The van der Waals surface area contributed by atoms with Crippen LogP contribution >= 0.6 is 34.8 Å². The van der Waals surface area contributed by atoms with Crippen LogP contribution in [-0.4, -0.2) is 19.0 Å². The van der Waals surface area contributed by atoms with E-state index in [0.717, 1.165) is 0 Å². The third kappa shape index (κ3) is 3.75. The molecule has 6 heteroatoms. The fraction of sp³-hybridized carbons (Fsp3) is 0.364. The number of carbonyl (C=O) groups is 1. The molecule has 0 aliphatic rings. The molecule has 0 aromatic heterocycles. The molecule has 3 nitrogen and oxygen atoms in total. The van der Waals surface area contributed by atoms with E-state index in [1.807, 2.05) is 0 Å². The van der Waals surface area contributed by atoms with Crippen LogP contribution in [0.15, 0.2) is 12.1 Å². The Morgan fingerprint density at radius 3 is 2.47 bits per heavy atom. The summed E-state index contributed by atoms with van der Waals surface area (Å²) >= 11 is 17.9. The van der Waals surface area contributed by atoms with Crippen molar-refractivity contribution >= 4 is 40.7 Å². The molecule has 0 aliphatic heterocycles. The molecule has 0 bridgehead atoms. The molecule has 1 amide bonds. The summed E-state index contributed by atoms with van der Waals surface area (Å²) in [6.45, 7) is 2.14. The maximum Gasteiger partial charge on any atom is 0.236 e. The Morgan fingerprint density at radius 2 is 1.88 bits per heavy atom. The molecule has 0 saturated heterocycles. The second kappa shape index (κ2) is 6.45. The van der Waals surface area contributed by atoms with E-state index in [2.05, 4.69) is 10.6 Å². The van der Waals surface area contributed by atoms with E-state index in [-0.39, 0.29) is 11.9 Å². The van der Waals surface area contributed by atoms with E-state index >= 15 is 0 Å². The molecule has 17 heavy (non-hydrogen) atoms. The van der Waals surface area contributed by atoms with Crippen LogP contribution in [0, 0.1) is 0 Å². The quantitative estimate of drug-likeness (QED) is 0.839. The summed E-state index contributed by atoms with van der Waals surface area (Å²) in [5, 5.41) is 6.95. The van der Waals surface area contributed by atoms with Crippen molar-refractivity contribution in [1.82, 2.24) is 10.6 Å². The molecular weight excluding hydrogens is 282 g/mol. The summed E-state index contributed by atoms with van der Waals surface area (Å²) in [6, 6.07) is 2.99. The van der Waals surface area contributed by atoms with Crippen LogP contribution in [0.2, 0.25) is 15.1 Å². The van der Waals surface area contributed by atoms with Crippen LogP contribution in [0.4, 0.5) is 0 Å². The zero-order valence-corrected chi connectivity index (χ0v) is 11.7. The zero-order valence-electron chi connectivity index (χ0n) is 9.48. The third-order valence-corrected chi connectivity index (χ3v) is 3.56. The molecule has 1 atom stereocenters. The average Bonchev–Trinajstić information content (AvgIpc) is 2.32. The molecule has 1 aromatic carbocycles. The summed E-state index contributed by atoms with van der Waals surface area (Å²) in [7, 11) is 1.58. The van der Waals surface area contributed by atoms with Crippen molar-refractivity contribution in [3.63, 3.8) is 0 Å². The van der Waals surface area contributed by atoms with E-state index in [4.69, 9.17) is 34.8 Å². The minimum Gasteiger partial charge on any atom is -0.358 e. The molecule has 0 saturated carbocycles. The van der Waals surface area contributed by atoms with Gasteiger partial charge in [-0.1, -0.05) is 34.8 Å². The van der Waals surface area contributed by atoms with Crippen molar-refractivity contribution in [3.8, 4) is 0 Å². The van der Waals surface area contributed by atoms with Crippen LogP contribution < -0.4 is 10.6 Å². The Hall–Kier alpha value is -0.480. The molecule has 94 valence electrons. The van der Waals surface area contributed by atoms with Crippen LogP contribution in [0.25, 0.3) is 0 Å². The van der Waals surface area contributed by atoms with Crippen LogP contribution in [0.5, 0.6) is 0 Å². The van der Waals surface area contributed by atoms with Gasteiger partial charge in [-0.2, -0.15) is 0 Å². The molecule has 1 aromatic rings. The molecule has 0 heterocycles. The van der Waals surface area contributed by atoms with Gasteiger partial charge in [0.15, 0.2) is 0 Å². The van der Waals surface area contributed by atoms with Gasteiger partial charge in [0.25, 0.3) is 0 Å². The lowest BCUT2D eigenvalue weighted by molar-refractivity contribution is -0.122. The highest BCUT2D eigenvalue weighted by Crippen LogP contribution is 2.31. The van der Waals surface area contributed by atoms with Gasteiger partial charge in [0, 0.05) is 24.2 Å². The summed E-state index contributed by atoms with van der Waals surface area (Å²) in [5.74, 6) is -0.0979. The maximum atomic E-state index is 11.3. The number of benzene rings is 1. The highest BCUT2D eigenvalue weighted by molar-refractivity contribution is 6.44. The van der Waals surface area contributed by atoms with Crippen molar-refractivity contribution in [2.24, 2.45) is 0 Å². The Bertz CT molecular complexity index is 423. The lowest BCUT2D eigenvalue weighted by Gasteiger charge is -2.14. The van der Waals surface area contributed by atoms with E-state index in [0.29, 0.717) is 27.2 Å². The number of likely N-dealkylation sites (N-methyl/N-ethyl adjacent to an activating group) is 1. The Morgan fingerprint density at radius 1 is 1.29 bits per heavy atom. The summed E-state index contributed by atoms with van der Waals surface area (Å²) in [5.41, 5.74) is 0.691. The molecule has 1 rings (SSSR count). The first-order chi connectivity index (χ1) is 7.97. The van der Waals surface area contributed by atoms with Gasteiger partial charge >= 0.3 is 0 Å². The molecular formula is C11H13Cl3N2O. The van der Waals surface area contributed by atoms with Gasteiger partial charge in [-0.05, 0) is 19.1 Å². The first kappa shape index (κ1) is 14.6.